The maximum absolute atomic E-state index is 5.56. The average molecular weight is 194 g/mol. The quantitative estimate of drug-likeness (QED) is 0.728. The number of hydrogen-bond acceptors (Lipinski definition) is 3. The largest absolute Gasteiger partial charge is 0.331 e. The highest BCUT2D eigenvalue weighted by molar-refractivity contribution is 5.01. The maximum Gasteiger partial charge on any atom is 0.0950 e. The first-order valence-electron chi connectivity index (χ1n) is 5.33. The Morgan fingerprint density at radius 2 is 2.29 bits per heavy atom. The molecule has 0 spiro atoms. The van der Waals surface area contributed by atoms with Crippen molar-refractivity contribution in [3.8, 4) is 0 Å². The molecule has 2 heterocycles. The van der Waals surface area contributed by atoms with E-state index in [1.807, 2.05) is 12.5 Å². The molecule has 1 aromatic rings. The Morgan fingerprint density at radius 3 is 3.00 bits per heavy atom. The number of imidazole rings is 1. The lowest BCUT2D eigenvalue weighted by atomic mass is 10.1. The fraction of sp³-hybridized carbons (Fsp3) is 0.700. The van der Waals surface area contributed by atoms with Crippen LogP contribution in [0.15, 0.2) is 12.5 Å². The lowest BCUT2D eigenvalue weighted by Gasteiger charge is -2.25. The second-order valence-electron chi connectivity index (χ2n) is 3.81. The molecule has 1 aromatic heterocycles. The molecule has 1 aliphatic rings. The second-order valence-corrected chi connectivity index (χ2v) is 3.81. The number of aromatic nitrogens is 2. The van der Waals surface area contributed by atoms with E-state index < -0.39 is 0 Å². The standard InChI is InChI=1S/C10H18N4/c11-4-1-10-7-13-8-14(10)9-2-5-12-6-3-9/h7-9,12H,1-6,11H2. The van der Waals surface area contributed by atoms with Gasteiger partial charge in [-0.25, -0.2) is 4.98 Å². The molecule has 0 radical (unpaired) electrons. The monoisotopic (exact) mass is 194 g/mol. The van der Waals surface area contributed by atoms with Gasteiger partial charge in [-0.1, -0.05) is 0 Å². The van der Waals surface area contributed by atoms with Crippen molar-refractivity contribution >= 4 is 0 Å². The van der Waals surface area contributed by atoms with Crippen molar-refractivity contribution in [2.45, 2.75) is 25.3 Å². The smallest absolute Gasteiger partial charge is 0.0950 e. The van der Waals surface area contributed by atoms with Gasteiger partial charge in [-0.2, -0.15) is 0 Å². The third-order valence-corrected chi connectivity index (χ3v) is 2.85. The van der Waals surface area contributed by atoms with E-state index in [0.717, 1.165) is 19.5 Å². The van der Waals surface area contributed by atoms with E-state index in [2.05, 4.69) is 14.9 Å². The van der Waals surface area contributed by atoms with Crippen LogP contribution in [-0.2, 0) is 6.42 Å². The summed E-state index contributed by atoms with van der Waals surface area (Å²) in [7, 11) is 0. The molecule has 4 heteroatoms. The van der Waals surface area contributed by atoms with Crippen LogP contribution in [0.5, 0.6) is 0 Å². The topological polar surface area (TPSA) is 55.9 Å². The minimum Gasteiger partial charge on any atom is -0.331 e. The molecule has 78 valence electrons. The summed E-state index contributed by atoms with van der Waals surface area (Å²) in [5, 5.41) is 3.37. The minimum absolute atomic E-state index is 0.625. The number of nitrogens with one attached hydrogen (secondary N) is 1. The molecule has 0 atom stereocenters. The summed E-state index contributed by atoms with van der Waals surface area (Å²) in [6.07, 6.45) is 7.22. The molecular weight excluding hydrogens is 176 g/mol. The summed E-state index contributed by atoms with van der Waals surface area (Å²) < 4.78 is 2.30. The number of nitrogens with two attached hydrogens (primary N) is 1. The molecule has 0 amide bonds. The van der Waals surface area contributed by atoms with Crippen LogP contribution in [0, 0.1) is 0 Å². The maximum atomic E-state index is 5.56. The predicted molar refractivity (Wildman–Crippen MR) is 56.1 cm³/mol. The summed E-state index contributed by atoms with van der Waals surface area (Å²) in [5.41, 5.74) is 6.84. The van der Waals surface area contributed by atoms with Crippen LogP contribution in [0.2, 0.25) is 0 Å². The Kier molecular flexibility index (Phi) is 3.16. The number of nitrogens with zero attached hydrogens (tertiary/aromatic N) is 2. The Balaban J connectivity index is 2.09. The van der Waals surface area contributed by atoms with E-state index in [1.165, 1.54) is 18.5 Å². The van der Waals surface area contributed by atoms with Crippen LogP contribution in [0.25, 0.3) is 0 Å². The van der Waals surface area contributed by atoms with Crippen molar-refractivity contribution in [3.63, 3.8) is 0 Å². The second kappa shape index (κ2) is 4.57. The van der Waals surface area contributed by atoms with Gasteiger partial charge in [-0.3, -0.25) is 0 Å². The third kappa shape index (κ3) is 1.96. The van der Waals surface area contributed by atoms with E-state index in [9.17, 15) is 0 Å². The van der Waals surface area contributed by atoms with E-state index in [-0.39, 0.29) is 0 Å². The van der Waals surface area contributed by atoms with Gasteiger partial charge in [0.05, 0.1) is 6.33 Å². The van der Waals surface area contributed by atoms with Crippen LogP contribution in [0.4, 0.5) is 0 Å². The summed E-state index contributed by atoms with van der Waals surface area (Å²) in [6, 6.07) is 0.625. The average Bonchev–Trinajstić information content (AvgIpc) is 2.68. The van der Waals surface area contributed by atoms with Gasteiger partial charge in [-0.15, -0.1) is 0 Å². The molecule has 0 bridgehead atoms. The van der Waals surface area contributed by atoms with Gasteiger partial charge in [-0.05, 0) is 32.5 Å². The van der Waals surface area contributed by atoms with E-state index in [0.29, 0.717) is 12.6 Å². The minimum atomic E-state index is 0.625. The molecule has 1 aliphatic heterocycles. The molecular formula is C10H18N4. The van der Waals surface area contributed by atoms with Crippen LogP contribution in [0.3, 0.4) is 0 Å². The SMILES string of the molecule is NCCc1cncn1C1CCNCC1. The molecule has 0 aromatic carbocycles. The van der Waals surface area contributed by atoms with Gasteiger partial charge >= 0.3 is 0 Å². The van der Waals surface area contributed by atoms with Crippen LogP contribution in [-0.4, -0.2) is 29.2 Å². The van der Waals surface area contributed by atoms with Gasteiger partial charge < -0.3 is 15.6 Å². The lowest BCUT2D eigenvalue weighted by Crippen LogP contribution is -2.30. The molecule has 0 aliphatic carbocycles. The van der Waals surface area contributed by atoms with Gasteiger partial charge in [0, 0.05) is 24.4 Å². The Labute approximate surface area is 84.5 Å². The Bertz CT molecular complexity index is 275. The first kappa shape index (κ1) is 9.68. The normalized spacial score (nSPS) is 18.6. The van der Waals surface area contributed by atoms with Crippen molar-refractivity contribution in [2.24, 2.45) is 5.73 Å². The summed E-state index contributed by atoms with van der Waals surface area (Å²) in [5.74, 6) is 0. The summed E-state index contributed by atoms with van der Waals surface area (Å²) >= 11 is 0. The zero-order valence-electron chi connectivity index (χ0n) is 8.45. The van der Waals surface area contributed by atoms with E-state index >= 15 is 0 Å². The third-order valence-electron chi connectivity index (χ3n) is 2.85. The van der Waals surface area contributed by atoms with Crippen molar-refractivity contribution in [1.82, 2.24) is 14.9 Å². The first-order chi connectivity index (χ1) is 6.92. The van der Waals surface area contributed by atoms with E-state index in [1.54, 1.807) is 0 Å². The molecule has 1 saturated heterocycles. The molecule has 0 saturated carbocycles. The molecule has 2 rings (SSSR count). The van der Waals surface area contributed by atoms with E-state index in [4.69, 9.17) is 5.73 Å². The van der Waals surface area contributed by atoms with Gasteiger partial charge in [0.2, 0.25) is 0 Å². The van der Waals surface area contributed by atoms with Crippen molar-refractivity contribution in [3.05, 3.63) is 18.2 Å². The van der Waals surface area contributed by atoms with Crippen molar-refractivity contribution in [1.29, 1.82) is 0 Å². The zero-order valence-corrected chi connectivity index (χ0v) is 8.45. The number of rotatable bonds is 3. The van der Waals surface area contributed by atoms with Gasteiger partial charge in [0.15, 0.2) is 0 Å². The lowest BCUT2D eigenvalue weighted by molar-refractivity contribution is 0.361. The van der Waals surface area contributed by atoms with Crippen molar-refractivity contribution in [2.75, 3.05) is 19.6 Å². The van der Waals surface area contributed by atoms with Crippen LogP contribution in [0.1, 0.15) is 24.6 Å². The van der Waals surface area contributed by atoms with Crippen molar-refractivity contribution < 1.29 is 0 Å². The highest BCUT2D eigenvalue weighted by Crippen LogP contribution is 2.20. The predicted octanol–water partition coefficient (Wildman–Crippen LogP) is 0.309. The fourth-order valence-electron chi connectivity index (χ4n) is 2.09. The number of piperidine rings is 1. The molecule has 0 unspecified atom stereocenters. The summed E-state index contributed by atoms with van der Waals surface area (Å²) in [4.78, 5) is 4.20. The van der Waals surface area contributed by atoms with Gasteiger partial charge in [0.1, 0.15) is 0 Å². The van der Waals surface area contributed by atoms with Crippen LogP contribution >= 0.6 is 0 Å². The Morgan fingerprint density at radius 1 is 1.50 bits per heavy atom. The summed E-state index contributed by atoms with van der Waals surface area (Å²) in [6.45, 7) is 2.94. The fourth-order valence-corrected chi connectivity index (χ4v) is 2.09. The van der Waals surface area contributed by atoms with Gasteiger partial charge in [0.25, 0.3) is 0 Å². The highest BCUT2D eigenvalue weighted by Gasteiger charge is 2.16. The molecule has 14 heavy (non-hydrogen) atoms. The molecule has 4 nitrogen and oxygen atoms in total. The molecule has 1 fully saturated rings. The first-order valence-corrected chi connectivity index (χ1v) is 5.33. The highest BCUT2D eigenvalue weighted by atomic mass is 15.1. The zero-order chi connectivity index (χ0) is 9.80. The molecule has 3 N–H and O–H groups in total. The van der Waals surface area contributed by atoms with Crippen LogP contribution < -0.4 is 11.1 Å². The number of hydrogen-bond donors (Lipinski definition) is 2. The Hall–Kier alpha value is -0.870.